The molecule has 0 radical (unpaired) electrons. The number of aliphatic carboxylic acids is 1. The van der Waals surface area contributed by atoms with Crippen LogP contribution in [0.2, 0.25) is 0 Å². The first-order valence-electron chi connectivity index (χ1n) is 13.2. The molecule has 5 aromatic rings. The molecule has 2 N–H and O–H groups in total. The molecular formula is C32H30N2O5S. The van der Waals surface area contributed by atoms with E-state index in [2.05, 4.69) is 17.4 Å². The zero-order valence-electron chi connectivity index (χ0n) is 22.1. The minimum atomic E-state index is -0.978. The molecule has 0 saturated heterocycles. The Labute approximate surface area is 236 Å². The van der Waals surface area contributed by atoms with Gasteiger partial charge in [-0.05, 0) is 35.7 Å². The van der Waals surface area contributed by atoms with Crippen molar-refractivity contribution in [2.75, 3.05) is 6.61 Å². The van der Waals surface area contributed by atoms with Crippen molar-refractivity contribution in [3.63, 3.8) is 0 Å². The van der Waals surface area contributed by atoms with E-state index in [4.69, 9.17) is 14.1 Å². The fourth-order valence-corrected chi connectivity index (χ4v) is 5.48. The van der Waals surface area contributed by atoms with Gasteiger partial charge in [0.1, 0.15) is 11.2 Å². The molecule has 7 nitrogen and oxygen atoms in total. The van der Waals surface area contributed by atoms with Crippen LogP contribution in [0.25, 0.3) is 44.3 Å². The number of para-hydroxylation sites is 2. The van der Waals surface area contributed by atoms with Gasteiger partial charge in [0.2, 0.25) is 0 Å². The fraction of sp³-hybridized carbons (Fsp3) is 0.219. The zero-order chi connectivity index (χ0) is 27.9. The van der Waals surface area contributed by atoms with Crippen molar-refractivity contribution in [2.24, 2.45) is 0 Å². The van der Waals surface area contributed by atoms with E-state index in [0.717, 1.165) is 62.7 Å². The lowest BCUT2D eigenvalue weighted by molar-refractivity contribution is -0.137. The number of aromatic nitrogens is 1. The van der Waals surface area contributed by atoms with Crippen LogP contribution >= 0.6 is 11.8 Å². The minimum Gasteiger partial charge on any atom is -0.481 e. The average Bonchev–Trinajstić information content (AvgIpc) is 3.35. The topological polar surface area (TPSA) is 102 Å². The van der Waals surface area contributed by atoms with Crippen LogP contribution < -0.4 is 5.32 Å². The molecule has 0 saturated carbocycles. The molecule has 204 valence electrons. The van der Waals surface area contributed by atoms with Crippen LogP contribution in [0.1, 0.15) is 31.7 Å². The van der Waals surface area contributed by atoms with Gasteiger partial charge in [0, 0.05) is 33.8 Å². The molecule has 2 heterocycles. The highest BCUT2D eigenvalue weighted by molar-refractivity contribution is 7.99. The van der Waals surface area contributed by atoms with Crippen LogP contribution in [0.3, 0.4) is 0 Å². The molecule has 2 aromatic heterocycles. The summed E-state index contributed by atoms with van der Waals surface area (Å²) < 4.78 is 11.3. The van der Waals surface area contributed by atoms with Crippen molar-refractivity contribution in [3.05, 3.63) is 90.6 Å². The van der Waals surface area contributed by atoms with Gasteiger partial charge in [-0.3, -0.25) is 9.78 Å². The molecule has 0 aliphatic carbocycles. The summed E-state index contributed by atoms with van der Waals surface area (Å²) in [5, 5.41) is 13.5. The molecule has 3 aromatic carbocycles. The van der Waals surface area contributed by atoms with Crippen molar-refractivity contribution in [3.8, 4) is 22.4 Å². The van der Waals surface area contributed by atoms with E-state index < -0.39 is 17.4 Å². The van der Waals surface area contributed by atoms with Gasteiger partial charge in [-0.15, -0.1) is 11.8 Å². The number of nitrogens with zero attached hydrogens (tertiary/aromatic N) is 1. The number of rotatable bonds is 11. The molecule has 40 heavy (non-hydrogen) atoms. The number of carboxylic acid groups (broad SMARTS) is 1. The Morgan fingerprint density at radius 1 is 0.975 bits per heavy atom. The number of thioether (sulfide) groups is 1. The second-order valence-electron chi connectivity index (χ2n) is 9.44. The van der Waals surface area contributed by atoms with Crippen molar-refractivity contribution >= 4 is 45.8 Å². The molecule has 1 amide bonds. The minimum absolute atomic E-state index is 0.189. The predicted molar refractivity (Wildman–Crippen MR) is 159 cm³/mol. The number of nitrogens with one attached hydrogen (secondary N) is 1. The van der Waals surface area contributed by atoms with E-state index in [1.54, 1.807) is 0 Å². The highest BCUT2D eigenvalue weighted by Gasteiger charge is 2.18. The Hall–Kier alpha value is -4.30. The monoisotopic (exact) mass is 554 g/mol. The van der Waals surface area contributed by atoms with Gasteiger partial charge in [-0.1, -0.05) is 74.0 Å². The Kier molecular flexibility index (Phi) is 8.66. The number of unbranched alkanes of at least 4 members (excludes halogenated alkanes) is 1. The number of carboxylic acids is 1. The van der Waals surface area contributed by atoms with Gasteiger partial charge in [0.15, 0.2) is 0 Å². The molecular weight excluding hydrogens is 524 g/mol. The van der Waals surface area contributed by atoms with Crippen molar-refractivity contribution in [1.29, 1.82) is 0 Å². The number of amides is 1. The summed E-state index contributed by atoms with van der Waals surface area (Å²) in [7, 11) is 0. The van der Waals surface area contributed by atoms with Crippen molar-refractivity contribution in [1.82, 2.24) is 10.3 Å². The van der Waals surface area contributed by atoms with Gasteiger partial charge in [-0.2, -0.15) is 0 Å². The Morgan fingerprint density at radius 2 is 1.75 bits per heavy atom. The molecule has 5 rings (SSSR count). The Balaban J connectivity index is 1.25. The second-order valence-corrected chi connectivity index (χ2v) is 10.6. The lowest BCUT2D eigenvalue weighted by atomic mass is 10.0. The highest BCUT2D eigenvalue weighted by atomic mass is 32.2. The number of hydrogen-bond acceptors (Lipinski definition) is 6. The summed E-state index contributed by atoms with van der Waals surface area (Å²) in [6.07, 6.45) is 2.76. The van der Waals surface area contributed by atoms with Gasteiger partial charge in [-0.25, -0.2) is 4.79 Å². The lowest BCUT2D eigenvalue weighted by Crippen LogP contribution is -2.35. The third-order valence-electron chi connectivity index (χ3n) is 6.55. The van der Waals surface area contributed by atoms with E-state index in [9.17, 15) is 14.7 Å². The van der Waals surface area contributed by atoms with Crippen LogP contribution in [0.15, 0.2) is 89.5 Å². The Morgan fingerprint density at radius 3 is 2.50 bits per heavy atom. The molecule has 8 heteroatoms. The van der Waals surface area contributed by atoms with E-state index in [1.807, 2.05) is 79.9 Å². The van der Waals surface area contributed by atoms with E-state index >= 15 is 0 Å². The van der Waals surface area contributed by atoms with Crippen molar-refractivity contribution in [2.45, 2.75) is 37.3 Å². The number of ether oxygens (including phenoxy) is 1. The van der Waals surface area contributed by atoms with Crippen LogP contribution in [0.4, 0.5) is 4.79 Å². The van der Waals surface area contributed by atoms with Crippen LogP contribution in [-0.4, -0.2) is 34.1 Å². The molecule has 0 bridgehead atoms. The summed E-state index contributed by atoms with van der Waals surface area (Å²) in [6, 6.07) is 26.2. The molecule has 0 aliphatic heterocycles. The molecule has 1 atom stereocenters. The van der Waals surface area contributed by atoms with Gasteiger partial charge in [0.25, 0.3) is 0 Å². The van der Waals surface area contributed by atoms with Crippen LogP contribution in [0.5, 0.6) is 0 Å². The number of alkyl carbamates (subject to hydrolysis) is 1. The predicted octanol–water partition coefficient (Wildman–Crippen LogP) is 7.88. The number of pyridine rings is 1. The first kappa shape index (κ1) is 27.3. The molecule has 0 aliphatic rings. The van der Waals surface area contributed by atoms with Gasteiger partial charge >= 0.3 is 12.1 Å². The van der Waals surface area contributed by atoms with Crippen molar-refractivity contribution < 1.29 is 23.8 Å². The third-order valence-corrected chi connectivity index (χ3v) is 7.74. The maximum atomic E-state index is 12.0. The quantitative estimate of drug-likeness (QED) is 0.126. The largest absolute Gasteiger partial charge is 0.481 e. The first-order valence-corrected chi connectivity index (χ1v) is 14.3. The molecule has 0 fully saturated rings. The van der Waals surface area contributed by atoms with E-state index in [-0.39, 0.29) is 6.42 Å². The Bertz CT molecular complexity index is 1610. The number of fused-ring (bicyclic) bond motifs is 3. The average molecular weight is 555 g/mol. The maximum Gasteiger partial charge on any atom is 0.408 e. The highest BCUT2D eigenvalue weighted by Crippen LogP contribution is 2.35. The second kappa shape index (κ2) is 12.7. The summed E-state index contributed by atoms with van der Waals surface area (Å²) in [5.41, 5.74) is 6.51. The zero-order valence-corrected chi connectivity index (χ0v) is 22.9. The summed E-state index contributed by atoms with van der Waals surface area (Å²) in [5.74, 6) is -0.430. The summed E-state index contributed by atoms with van der Waals surface area (Å²) in [4.78, 5) is 28.0. The molecule has 1 unspecified atom stereocenters. The fourth-order valence-electron chi connectivity index (χ4n) is 4.46. The van der Waals surface area contributed by atoms with Crippen LogP contribution in [0, 0.1) is 0 Å². The normalized spacial score (nSPS) is 11.9. The van der Waals surface area contributed by atoms with Gasteiger partial charge in [0.05, 0.1) is 24.1 Å². The molecule has 0 spiro atoms. The lowest BCUT2D eigenvalue weighted by Gasteiger charge is -2.16. The third kappa shape index (κ3) is 6.46. The standard InChI is InChI=1S/C32H30N2O5S/c1-2-3-17-38-32(37)34-29(18-30(35)36)40-20-21-11-13-22(14-12-21)23-15-16-27(33-19-23)26-9-6-8-25-24-7-4-5-10-28(24)39-31(25)26/h4-16,19,29H,2-3,17-18,20H2,1H3,(H,34,37)(H,35,36). The number of carbonyl (C=O) groups excluding carboxylic acids is 1. The number of benzene rings is 3. The first-order chi connectivity index (χ1) is 19.5. The number of hydrogen-bond donors (Lipinski definition) is 2. The summed E-state index contributed by atoms with van der Waals surface area (Å²) in [6.45, 7) is 2.32. The van der Waals surface area contributed by atoms with E-state index in [0.29, 0.717) is 12.4 Å². The van der Waals surface area contributed by atoms with Gasteiger partial charge < -0.3 is 19.6 Å². The SMILES string of the molecule is CCCCOC(=O)NC(CC(=O)O)SCc1ccc(-c2ccc(-c3cccc4c3oc3ccccc34)nc2)cc1. The number of furan rings is 1. The maximum absolute atomic E-state index is 12.0. The van der Waals surface area contributed by atoms with Crippen LogP contribution in [-0.2, 0) is 15.3 Å². The van der Waals surface area contributed by atoms with E-state index in [1.165, 1.54) is 11.8 Å². The number of carbonyl (C=O) groups is 2. The summed E-state index contributed by atoms with van der Waals surface area (Å²) >= 11 is 1.36. The smallest absolute Gasteiger partial charge is 0.408 e.